The number of hydroxylamine groups is 1. The Morgan fingerprint density at radius 1 is 1.46 bits per heavy atom. The lowest BCUT2D eigenvalue weighted by Crippen LogP contribution is -2.43. The molecular weight excluding hydrogens is 170 g/mol. The highest BCUT2D eigenvalue weighted by molar-refractivity contribution is 5.83. The summed E-state index contributed by atoms with van der Waals surface area (Å²) in [4.78, 5) is 16.3. The van der Waals surface area contributed by atoms with E-state index >= 15 is 0 Å². The summed E-state index contributed by atoms with van der Waals surface area (Å²) in [6.45, 7) is 7.88. The van der Waals surface area contributed by atoms with E-state index in [4.69, 9.17) is 9.57 Å². The summed E-state index contributed by atoms with van der Waals surface area (Å²) in [5, 5.41) is 0. The molecule has 0 saturated carbocycles. The lowest BCUT2D eigenvalue weighted by molar-refractivity contribution is -0.153. The van der Waals surface area contributed by atoms with Crippen molar-refractivity contribution in [2.24, 2.45) is 5.92 Å². The molecule has 0 rings (SSSR count). The van der Waals surface area contributed by atoms with Gasteiger partial charge in [-0.05, 0) is 19.8 Å². The van der Waals surface area contributed by atoms with Gasteiger partial charge >= 0.3 is 0 Å². The number of carbonyl (C=O) groups is 1. The Bertz CT molecular complexity index is 166. The Labute approximate surface area is 79.6 Å². The summed E-state index contributed by atoms with van der Waals surface area (Å²) >= 11 is 0. The van der Waals surface area contributed by atoms with Gasteiger partial charge in [0.15, 0.2) is 0 Å². The zero-order valence-electron chi connectivity index (χ0n) is 9.01. The maximum atomic E-state index is 11.3. The summed E-state index contributed by atoms with van der Waals surface area (Å²) in [5.41, 5.74) is 1.50. The lowest BCUT2D eigenvalue weighted by Gasteiger charge is -2.21. The van der Waals surface area contributed by atoms with Crippen molar-refractivity contribution in [1.82, 2.24) is 5.48 Å². The molecule has 0 atom stereocenters. The minimum absolute atomic E-state index is 0.268. The van der Waals surface area contributed by atoms with E-state index in [0.717, 1.165) is 0 Å². The van der Waals surface area contributed by atoms with Crippen LogP contribution in [0.25, 0.3) is 0 Å². The molecule has 0 heterocycles. The fourth-order valence-electron chi connectivity index (χ4n) is 0.489. The van der Waals surface area contributed by atoms with Crippen molar-refractivity contribution in [2.75, 3.05) is 13.7 Å². The first kappa shape index (κ1) is 12.4. The van der Waals surface area contributed by atoms with E-state index < -0.39 is 5.60 Å². The molecule has 1 N–H and O–H groups in total. The fourth-order valence-corrected chi connectivity index (χ4v) is 0.489. The highest BCUT2D eigenvalue weighted by Gasteiger charge is 2.26. The van der Waals surface area contributed by atoms with Crippen molar-refractivity contribution in [2.45, 2.75) is 33.3 Å². The predicted molar refractivity (Wildman–Crippen MR) is 50.0 cm³/mol. The van der Waals surface area contributed by atoms with Crippen LogP contribution in [0.5, 0.6) is 0 Å². The molecule has 4 heteroatoms. The molecular formula is C9H19NO3. The number of carbonyl (C=O) groups excluding carboxylic acids is 1. The number of nitrogens with one attached hydrogen (secondary N) is 1. The van der Waals surface area contributed by atoms with Crippen molar-refractivity contribution in [1.29, 1.82) is 0 Å². The van der Waals surface area contributed by atoms with Gasteiger partial charge in [0.2, 0.25) is 0 Å². The fraction of sp³-hybridized carbons (Fsp3) is 0.889. The molecule has 1 amide bonds. The summed E-state index contributed by atoms with van der Waals surface area (Å²) in [6, 6.07) is 0. The quantitative estimate of drug-likeness (QED) is 0.659. The van der Waals surface area contributed by atoms with Crippen LogP contribution in [0.2, 0.25) is 0 Å². The highest BCUT2D eigenvalue weighted by atomic mass is 16.7. The monoisotopic (exact) mass is 189 g/mol. The van der Waals surface area contributed by atoms with Gasteiger partial charge < -0.3 is 4.74 Å². The second kappa shape index (κ2) is 5.19. The maximum Gasteiger partial charge on any atom is 0.275 e. The Hall–Kier alpha value is -0.610. The van der Waals surface area contributed by atoms with Crippen LogP contribution < -0.4 is 5.48 Å². The van der Waals surface area contributed by atoms with E-state index in [-0.39, 0.29) is 5.91 Å². The number of rotatable bonds is 5. The van der Waals surface area contributed by atoms with Gasteiger partial charge in [0, 0.05) is 7.11 Å². The average Bonchev–Trinajstić information content (AvgIpc) is 2.03. The molecule has 78 valence electrons. The van der Waals surface area contributed by atoms with Gasteiger partial charge in [0.1, 0.15) is 5.60 Å². The van der Waals surface area contributed by atoms with E-state index in [1.807, 2.05) is 13.8 Å². The van der Waals surface area contributed by atoms with Crippen LogP contribution in [0.15, 0.2) is 0 Å². The van der Waals surface area contributed by atoms with Crippen LogP contribution in [-0.4, -0.2) is 25.2 Å². The van der Waals surface area contributed by atoms with E-state index in [2.05, 4.69) is 5.48 Å². The van der Waals surface area contributed by atoms with Crippen LogP contribution in [-0.2, 0) is 14.4 Å². The van der Waals surface area contributed by atoms with Gasteiger partial charge in [-0.25, -0.2) is 5.48 Å². The molecule has 0 saturated heterocycles. The maximum absolute atomic E-state index is 11.3. The first-order valence-electron chi connectivity index (χ1n) is 4.37. The SMILES string of the molecule is COC(C)(C)C(=O)NOCC(C)C. The van der Waals surface area contributed by atoms with Crippen LogP contribution >= 0.6 is 0 Å². The molecule has 0 aromatic carbocycles. The third-order valence-electron chi connectivity index (χ3n) is 1.64. The first-order chi connectivity index (χ1) is 5.90. The molecule has 0 aromatic rings. The minimum Gasteiger partial charge on any atom is -0.369 e. The van der Waals surface area contributed by atoms with Crippen molar-refractivity contribution >= 4 is 5.91 Å². The third kappa shape index (κ3) is 4.85. The summed E-state index contributed by atoms with van der Waals surface area (Å²) in [7, 11) is 1.49. The largest absolute Gasteiger partial charge is 0.369 e. The van der Waals surface area contributed by atoms with E-state index in [9.17, 15) is 4.79 Å². The number of hydrogen-bond donors (Lipinski definition) is 1. The molecule has 0 aliphatic carbocycles. The topological polar surface area (TPSA) is 47.6 Å². The Morgan fingerprint density at radius 2 is 2.00 bits per heavy atom. The molecule has 13 heavy (non-hydrogen) atoms. The standard InChI is InChI=1S/C9H19NO3/c1-7(2)6-13-10-8(11)9(3,4)12-5/h7H,6H2,1-5H3,(H,10,11). The molecule has 0 fully saturated rings. The zero-order valence-corrected chi connectivity index (χ0v) is 9.01. The summed E-state index contributed by atoms with van der Waals surface area (Å²) in [5.74, 6) is 0.126. The van der Waals surface area contributed by atoms with Crippen LogP contribution in [0.3, 0.4) is 0 Å². The van der Waals surface area contributed by atoms with E-state index in [0.29, 0.717) is 12.5 Å². The van der Waals surface area contributed by atoms with Crippen LogP contribution in [0.4, 0.5) is 0 Å². The number of hydrogen-bond acceptors (Lipinski definition) is 3. The molecule has 0 aliphatic heterocycles. The number of ether oxygens (including phenoxy) is 1. The highest BCUT2D eigenvalue weighted by Crippen LogP contribution is 2.06. The molecule has 0 spiro atoms. The van der Waals surface area contributed by atoms with Gasteiger partial charge in [0.25, 0.3) is 5.91 Å². The third-order valence-corrected chi connectivity index (χ3v) is 1.64. The van der Waals surface area contributed by atoms with Gasteiger partial charge in [-0.3, -0.25) is 9.63 Å². The summed E-state index contributed by atoms with van der Waals surface area (Å²) < 4.78 is 4.96. The normalized spacial score (nSPS) is 11.8. The minimum atomic E-state index is -0.836. The van der Waals surface area contributed by atoms with Gasteiger partial charge in [-0.2, -0.15) is 0 Å². The molecule has 0 bridgehead atoms. The molecule has 0 aromatic heterocycles. The second-order valence-corrected chi connectivity index (χ2v) is 3.85. The lowest BCUT2D eigenvalue weighted by atomic mass is 10.1. The van der Waals surface area contributed by atoms with E-state index in [1.54, 1.807) is 13.8 Å². The Balaban J connectivity index is 3.75. The smallest absolute Gasteiger partial charge is 0.275 e. The van der Waals surface area contributed by atoms with Crippen molar-refractivity contribution in [3.8, 4) is 0 Å². The van der Waals surface area contributed by atoms with Gasteiger partial charge in [-0.15, -0.1) is 0 Å². The number of amides is 1. The molecule has 0 unspecified atom stereocenters. The predicted octanol–water partition coefficient (Wildman–Crippen LogP) is 1.12. The zero-order chi connectivity index (χ0) is 10.5. The van der Waals surface area contributed by atoms with Crippen molar-refractivity contribution in [3.05, 3.63) is 0 Å². The second-order valence-electron chi connectivity index (χ2n) is 3.85. The number of methoxy groups -OCH3 is 1. The molecule has 0 aliphatic rings. The van der Waals surface area contributed by atoms with Gasteiger partial charge in [0.05, 0.1) is 6.61 Å². The van der Waals surface area contributed by atoms with Crippen molar-refractivity contribution in [3.63, 3.8) is 0 Å². The first-order valence-corrected chi connectivity index (χ1v) is 4.37. The summed E-state index contributed by atoms with van der Waals surface area (Å²) in [6.07, 6.45) is 0. The van der Waals surface area contributed by atoms with Crippen LogP contribution in [0.1, 0.15) is 27.7 Å². The Morgan fingerprint density at radius 3 is 2.38 bits per heavy atom. The van der Waals surface area contributed by atoms with Crippen LogP contribution in [0, 0.1) is 5.92 Å². The molecule has 0 radical (unpaired) electrons. The average molecular weight is 189 g/mol. The van der Waals surface area contributed by atoms with Crippen molar-refractivity contribution < 1.29 is 14.4 Å². The Kier molecular flexibility index (Phi) is 4.95. The van der Waals surface area contributed by atoms with Gasteiger partial charge in [-0.1, -0.05) is 13.8 Å². The van der Waals surface area contributed by atoms with E-state index in [1.165, 1.54) is 7.11 Å². The molecule has 4 nitrogen and oxygen atoms in total.